The number of rotatable bonds is 5. The summed E-state index contributed by atoms with van der Waals surface area (Å²) in [5, 5.41) is 3.67. The van der Waals surface area contributed by atoms with Crippen molar-refractivity contribution in [1.29, 1.82) is 0 Å². The number of hydrogen-bond acceptors (Lipinski definition) is 5. The first-order chi connectivity index (χ1) is 9.86. The van der Waals surface area contributed by atoms with E-state index < -0.39 is 12.1 Å². The largest absolute Gasteiger partial charge is 0.369 e. The van der Waals surface area contributed by atoms with Crippen LogP contribution in [-0.4, -0.2) is 65.7 Å². The molecule has 2 N–H and O–H groups in total. The lowest BCUT2D eigenvalue weighted by Gasteiger charge is -2.27. The second kappa shape index (κ2) is 6.21. The molecule has 1 saturated heterocycles. The molecule has 2 amide bonds. The predicted octanol–water partition coefficient (Wildman–Crippen LogP) is -0.0473. The average Bonchev–Trinajstić information content (AvgIpc) is 2.95. The zero-order valence-corrected chi connectivity index (χ0v) is 12.1. The topological polar surface area (TPSA) is 92.7 Å². The normalized spacial score (nSPS) is 22.4. The monoisotopic (exact) mass is 298 g/mol. The molecule has 0 radical (unpaired) electrons. The summed E-state index contributed by atoms with van der Waals surface area (Å²) in [6.07, 6.45) is -0.727. The first kappa shape index (κ1) is 15.4. The second-order valence-corrected chi connectivity index (χ2v) is 5.39. The maximum absolute atomic E-state index is 13.5. The van der Waals surface area contributed by atoms with Gasteiger partial charge in [0, 0.05) is 32.2 Å². The number of aromatic nitrogens is 1. The van der Waals surface area contributed by atoms with Gasteiger partial charge in [-0.15, -0.1) is 0 Å². The number of nitrogens with two attached hydrogens (primary N) is 1. The van der Waals surface area contributed by atoms with Crippen LogP contribution in [0.1, 0.15) is 22.7 Å². The molecule has 1 aromatic rings. The Hall–Kier alpha value is -1.96. The fourth-order valence-corrected chi connectivity index (χ4v) is 2.57. The molecule has 0 aromatic carbocycles. The molecule has 1 aliphatic rings. The highest BCUT2D eigenvalue weighted by atomic mass is 19.1. The molecule has 0 unspecified atom stereocenters. The minimum absolute atomic E-state index is 0.00378. The Bertz CT molecular complexity index is 533. The van der Waals surface area contributed by atoms with Crippen molar-refractivity contribution in [2.45, 2.75) is 25.6 Å². The van der Waals surface area contributed by atoms with Crippen molar-refractivity contribution < 1.29 is 18.5 Å². The van der Waals surface area contributed by atoms with Gasteiger partial charge in [0.2, 0.25) is 5.91 Å². The Morgan fingerprint density at radius 1 is 1.62 bits per heavy atom. The van der Waals surface area contributed by atoms with Crippen LogP contribution < -0.4 is 5.73 Å². The van der Waals surface area contributed by atoms with E-state index >= 15 is 0 Å². The number of likely N-dealkylation sites (N-methyl/N-ethyl adjacent to an activating group) is 1. The number of nitrogens with zero attached hydrogens (tertiary/aromatic N) is 3. The van der Waals surface area contributed by atoms with Gasteiger partial charge in [0.05, 0.1) is 6.54 Å². The van der Waals surface area contributed by atoms with Gasteiger partial charge in [0.25, 0.3) is 5.91 Å². The standard InChI is InChI=1S/C13H19FN4O3/c1-8-3-11(16-21-8)13(20)17(2)6-10-4-9(14)5-18(10)7-12(15)19/h3,9-10H,4-7H2,1-2H3,(H2,15,19)/t9-,10-/m0/s1. The SMILES string of the molecule is Cc1cc(C(=O)N(C)C[C@@H]2C[C@H](F)CN2CC(N)=O)no1. The molecular formula is C13H19FN4O3. The van der Waals surface area contributed by atoms with E-state index in [1.807, 2.05) is 0 Å². The van der Waals surface area contributed by atoms with Crippen LogP contribution in [0.5, 0.6) is 0 Å². The van der Waals surface area contributed by atoms with Crippen molar-refractivity contribution >= 4 is 11.8 Å². The van der Waals surface area contributed by atoms with Crippen molar-refractivity contribution in [1.82, 2.24) is 15.0 Å². The van der Waals surface area contributed by atoms with Crippen molar-refractivity contribution in [2.24, 2.45) is 5.73 Å². The van der Waals surface area contributed by atoms with Crippen molar-refractivity contribution in [3.63, 3.8) is 0 Å². The minimum atomic E-state index is -1.01. The number of aryl methyl sites for hydroxylation is 1. The van der Waals surface area contributed by atoms with Gasteiger partial charge in [-0.25, -0.2) is 4.39 Å². The van der Waals surface area contributed by atoms with Crippen LogP contribution in [0.2, 0.25) is 0 Å². The van der Waals surface area contributed by atoms with Crippen LogP contribution in [-0.2, 0) is 4.79 Å². The molecule has 21 heavy (non-hydrogen) atoms. The van der Waals surface area contributed by atoms with Crippen LogP contribution in [0.4, 0.5) is 4.39 Å². The third-order valence-electron chi connectivity index (χ3n) is 3.51. The lowest BCUT2D eigenvalue weighted by molar-refractivity contribution is -0.119. The summed E-state index contributed by atoms with van der Waals surface area (Å²) in [4.78, 5) is 26.3. The van der Waals surface area contributed by atoms with Gasteiger partial charge in [0.1, 0.15) is 11.9 Å². The van der Waals surface area contributed by atoms with E-state index in [4.69, 9.17) is 10.3 Å². The molecule has 0 spiro atoms. The Kier molecular flexibility index (Phi) is 4.56. The fraction of sp³-hybridized carbons (Fsp3) is 0.615. The second-order valence-electron chi connectivity index (χ2n) is 5.39. The molecule has 2 heterocycles. The summed E-state index contributed by atoms with van der Waals surface area (Å²) >= 11 is 0. The number of carbonyl (C=O) groups is 2. The first-order valence-corrected chi connectivity index (χ1v) is 6.72. The molecular weight excluding hydrogens is 279 g/mol. The molecule has 1 aromatic heterocycles. The fourth-order valence-electron chi connectivity index (χ4n) is 2.57. The van der Waals surface area contributed by atoms with Gasteiger partial charge < -0.3 is 15.2 Å². The minimum Gasteiger partial charge on any atom is -0.369 e. The maximum atomic E-state index is 13.5. The molecule has 0 aliphatic carbocycles. The summed E-state index contributed by atoms with van der Waals surface area (Å²) < 4.78 is 18.4. The summed E-state index contributed by atoms with van der Waals surface area (Å²) in [7, 11) is 1.61. The van der Waals surface area contributed by atoms with Crippen LogP contribution in [0, 0.1) is 6.92 Å². The number of amides is 2. The van der Waals surface area contributed by atoms with Gasteiger partial charge in [0.15, 0.2) is 5.69 Å². The number of likely N-dealkylation sites (tertiary alicyclic amines) is 1. The molecule has 1 fully saturated rings. The lowest BCUT2D eigenvalue weighted by Crippen LogP contribution is -2.44. The van der Waals surface area contributed by atoms with Crippen molar-refractivity contribution in [3.8, 4) is 0 Å². The van der Waals surface area contributed by atoms with Crippen LogP contribution in [0.25, 0.3) is 0 Å². The predicted molar refractivity (Wildman–Crippen MR) is 72.3 cm³/mol. The van der Waals surface area contributed by atoms with Crippen LogP contribution >= 0.6 is 0 Å². The number of primary amides is 1. The van der Waals surface area contributed by atoms with Gasteiger partial charge in [-0.2, -0.15) is 0 Å². The average molecular weight is 298 g/mol. The summed E-state index contributed by atoms with van der Waals surface area (Å²) in [5.74, 6) is -0.254. The highest BCUT2D eigenvalue weighted by molar-refractivity contribution is 5.92. The highest BCUT2D eigenvalue weighted by Crippen LogP contribution is 2.21. The highest BCUT2D eigenvalue weighted by Gasteiger charge is 2.34. The molecule has 2 atom stereocenters. The summed E-state index contributed by atoms with van der Waals surface area (Å²) in [6, 6.07) is 1.32. The smallest absolute Gasteiger partial charge is 0.275 e. The van der Waals surface area contributed by atoms with Crippen LogP contribution in [0.15, 0.2) is 10.6 Å². The quantitative estimate of drug-likeness (QED) is 0.823. The molecule has 0 saturated carbocycles. The van der Waals surface area contributed by atoms with Gasteiger partial charge in [-0.05, 0) is 13.3 Å². The van der Waals surface area contributed by atoms with E-state index in [1.165, 1.54) is 4.90 Å². The molecule has 2 rings (SSSR count). The third-order valence-corrected chi connectivity index (χ3v) is 3.51. The third kappa shape index (κ3) is 3.78. The number of carbonyl (C=O) groups excluding carboxylic acids is 2. The number of hydrogen-bond donors (Lipinski definition) is 1. The van der Waals surface area contributed by atoms with E-state index in [2.05, 4.69) is 5.16 Å². The Balaban J connectivity index is 1.98. The van der Waals surface area contributed by atoms with Crippen LogP contribution in [0.3, 0.4) is 0 Å². The molecule has 8 heteroatoms. The Morgan fingerprint density at radius 3 is 2.90 bits per heavy atom. The number of halogens is 1. The lowest BCUT2D eigenvalue weighted by atomic mass is 10.2. The first-order valence-electron chi connectivity index (χ1n) is 6.72. The van der Waals surface area contributed by atoms with Crippen molar-refractivity contribution in [3.05, 3.63) is 17.5 Å². The Morgan fingerprint density at radius 2 is 2.33 bits per heavy atom. The zero-order valence-electron chi connectivity index (χ0n) is 12.1. The maximum Gasteiger partial charge on any atom is 0.275 e. The van der Waals surface area contributed by atoms with E-state index in [-0.39, 0.29) is 37.2 Å². The summed E-state index contributed by atoms with van der Waals surface area (Å²) in [6.45, 7) is 2.16. The van der Waals surface area contributed by atoms with Gasteiger partial charge in [-0.3, -0.25) is 14.5 Å². The molecule has 7 nitrogen and oxygen atoms in total. The van der Waals surface area contributed by atoms with E-state index in [1.54, 1.807) is 24.9 Å². The van der Waals surface area contributed by atoms with Gasteiger partial charge in [-0.1, -0.05) is 5.16 Å². The molecule has 1 aliphatic heterocycles. The van der Waals surface area contributed by atoms with E-state index in [0.717, 1.165) is 0 Å². The van der Waals surface area contributed by atoms with Gasteiger partial charge >= 0.3 is 0 Å². The Labute approximate surface area is 121 Å². The number of alkyl halides is 1. The van der Waals surface area contributed by atoms with E-state index in [9.17, 15) is 14.0 Å². The van der Waals surface area contributed by atoms with Crippen molar-refractivity contribution in [2.75, 3.05) is 26.7 Å². The van der Waals surface area contributed by atoms with E-state index in [0.29, 0.717) is 12.3 Å². The molecule has 116 valence electrons. The zero-order chi connectivity index (χ0) is 15.6. The molecule has 0 bridgehead atoms. The summed E-state index contributed by atoms with van der Waals surface area (Å²) in [5.41, 5.74) is 5.37.